The fraction of sp³-hybridized carbons (Fsp3) is 0.455. The summed E-state index contributed by atoms with van der Waals surface area (Å²) in [6.45, 7) is 4.21. The van der Waals surface area contributed by atoms with Crippen molar-refractivity contribution in [1.82, 2.24) is 4.98 Å². The molecule has 15 heavy (non-hydrogen) atoms. The molecule has 0 saturated heterocycles. The van der Waals surface area contributed by atoms with E-state index in [0.29, 0.717) is 5.92 Å². The predicted octanol–water partition coefficient (Wildman–Crippen LogP) is 2.56. The van der Waals surface area contributed by atoms with Crippen molar-refractivity contribution in [3.63, 3.8) is 0 Å². The Balaban J connectivity index is 2.44. The number of rotatable bonds is 2. The molecular weight excluding hydrogens is 208 g/mol. The van der Waals surface area contributed by atoms with E-state index in [9.17, 15) is 4.79 Å². The minimum Gasteiger partial charge on any atom is -0.323 e. The van der Waals surface area contributed by atoms with Gasteiger partial charge in [-0.3, -0.25) is 9.78 Å². The lowest BCUT2D eigenvalue weighted by molar-refractivity contribution is -0.115. The summed E-state index contributed by atoms with van der Waals surface area (Å²) in [7, 11) is 0. The maximum Gasteiger partial charge on any atom is 0.243 e. The van der Waals surface area contributed by atoms with Gasteiger partial charge in [0.25, 0.3) is 0 Å². The first-order valence-corrected chi connectivity index (χ1v) is 6.26. The summed E-state index contributed by atoms with van der Waals surface area (Å²) in [6, 6.07) is 3.93. The second-order valence-corrected chi connectivity index (χ2v) is 4.87. The summed E-state index contributed by atoms with van der Waals surface area (Å²) >= 11 is 1.53. The van der Waals surface area contributed by atoms with Crippen LogP contribution in [0.2, 0.25) is 0 Å². The van der Waals surface area contributed by atoms with Crippen LogP contribution < -0.4 is 5.32 Å². The molecule has 3 nitrogen and oxygen atoms in total. The molecule has 1 aliphatic rings. The zero-order valence-electron chi connectivity index (χ0n) is 9.07. The van der Waals surface area contributed by atoms with Crippen LogP contribution >= 0.6 is 11.8 Å². The van der Waals surface area contributed by atoms with E-state index in [0.717, 1.165) is 17.1 Å². The zero-order chi connectivity index (χ0) is 11.0. The maximum absolute atomic E-state index is 11.6. The number of hydrogen-bond donors (Lipinski definition) is 1. The Morgan fingerprint density at radius 3 is 2.80 bits per heavy atom. The SMILES string of the molecule is CSC1C(=O)Nc2ccc(C(C)C)nc21. The molecule has 2 heterocycles. The molecule has 1 amide bonds. The standard InChI is InChI=1S/C11H14N2OS/c1-6(2)7-4-5-8-9(12-7)10(15-3)11(14)13-8/h4-6,10H,1-3H3,(H,13,14). The number of thioether (sulfide) groups is 1. The molecule has 1 atom stereocenters. The molecule has 1 unspecified atom stereocenters. The lowest BCUT2D eigenvalue weighted by Crippen LogP contribution is -2.08. The van der Waals surface area contributed by atoms with Gasteiger partial charge in [0.05, 0.1) is 11.4 Å². The van der Waals surface area contributed by atoms with E-state index in [2.05, 4.69) is 24.1 Å². The highest BCUT2D eigenvalue weighted by molar-refractivity contribution is 7.99. The Bertz CT molecular complexity index is 404. The Labute approximate surface area is 93.7 Å². The highest BCUT2D eigenvalue weighted by Crippen LogP contribution is 2.37. The lowest BCUT2D eigenvalue weighted by Gasteiger charge is -2.08. The van der Waals surface area contributed by atoms with Crippen LogP contribution in [0.1, 0.15) is 36.4 Å². The number of anilines is 1. The van der Waals surface area contributed by atoms with Gasteiger partial charge in [-0.25, -0.2) is 0 Å². The summed E-state index contributed by atoms with van der Waals surface area (Å²) < 4.78 is 0. The summed E-state index contributed by atoms with van der Waals surface area (Å²) in [5.41, 5.74) is 2.80. The third kappa shape index (κ3) is 1.74. The van der Waals surface area contributed by atoms with Gasteiger partial charge in [-0.15, -0.1) is 11.8 Å². The number of amides is 1. The number of fused-ring (bicyclic) bond motifs is 1. The van der Waals surface area contributed by atoms with Gasteiger partial charge in [0.2, 0.25) is 5.91 Å². The first-order valence-electron chi connectivity index (χ1n) is 4.98. The van der Waals surface area contributed by atoms with Crippen LogP contribution in [0.15, 0.2) is 12.1 Å². The largest absolute Gasteiger partial charge is 0.323 e. The Morgan fingerprint density at radius 2 is 2.20 bits per heavy atom. The second-order valence-electron chi connectivity index (χ2n) is 3.93. The number of hydrogen-bond acceptors (Lipinski definition) is 3. The molecule has 1 N–H and O–H groups in total. The maximum atomic E-state index is 11.6. The average molecular weight is 222 g/mol. The van der Waals surface area contributed by atoms with Crippen LogP contribution in [0.3, 0.4) is 0 Å². The zero-order valence-corrected chi connectivity index (χ0v) is 9.89. The number of pyridine rings is 1. The van der Waals surface area contributed by atoms with Gasteiger partial charge >= 0.3 is 0 Å². The number of carbonyl (C=O) groups excluding carboxylic acids is 1. The van der Waals surface area contributed by atoms with E-state index in [4.69, 9.17) is 0 Å². The molecule has 0 bridgehead atoms. The van der Waals surface area contributed by atoms with Gasteiger partial charge in [-0.2, -0.15) is 0 Å². The Hall–Kier alpha value is -1.03. The molecule has 1 aromatic rings. The minimum atomic E-state index is -0.140. The Morgan fingerprint density at radius 1 is 1.47 bits per heavy atom. The van der Waals surface area contributed by atoms with Crippen molar-refractivity contribution in [2.24, 2.45) is 0 Å². The van der Waals surface area contributed by atoms with Gasteiger partial charge in [0.15, 0.2) is 0 Å². The fourth-order valence-corrected chi connectivity index (χ4v) is 2.33. The molecular formula is C11H14N2OS. The molecule has 0 radical (unpaired) electrons. The van der Waals surface area contributed by atoms with E-state index >= 15 is 0 Å². The predicted molar refractivity (Wildman–Crippen MR) is 63.2 cm³/mol. The van der Waals surface area contributed by atoms with Crippen molar-refractivity contribution in [2.45, 2.75) is 25.0 Å². The lowest BCUT2D eigenvalue weighted by atomic mass is 10.1. The van der Waals surface area contributed by atoms with Crippen molar-refractivity contribution >= 4 is 23.4 Å². The van der Waals surface area contributed by atoms with Gasteiger partial charge in [0, 0.05) is 5.69 Å². The van der Waals surface area contributed by atoms with Gasteiger partial charge in [-0.05, 0) is 24.3 Å². The summed E-state index contributed by atoms with van der Waals surface area (Å²) in [5, 5.41) is 2.70. The smallest absolute Gasteiger partial charge is 0.243 e. The highest BCUT2D eigenvalue weighted by atomic mass is 32.2. The molecule has 1 aromatic heterocycles. The van der Waals surface area contributed by atoms with Crippen LogP contribution in [0, 0.1) is 0 Å². The van der Waals surface area contributed by atoms with E-state index in [1.54, 1.807) is 0 Å². The fourth-order valence-electron chi connectivity index (χ4n) is 1.66. The molecule has 0 aromatic carbocycles. The topological polar surface area (TPSA) is 42.0 Å². The normalized spacial score (nSPS) is 19.2. The van der Waals surface area contributed by atoms with Gasteiger partial charge < -0.3 is 5.32 Å². The molecule has 1 aliphatic heterocycles. The van der Waals surface area contributed by atoms with Crippen molar-refractivity contribution < 1.29 is 4.79 Å². The van der Waals surface area contributed by atoms with Crippen molar-refractivity contribution in [2.75, 3.05) is 11.6 Å². The van der Waals surface area contributed by atoms with Crippen LogP contribution in [-0.4, -0.2) is 17.1 Å². The number of aromatic nitrogens is 1. The van der Waals surface area contributed by atoms with Crippen molar-refractivity contribution in [3.05, 3.63) is 23.5 Å². The minimum absolute atomic E-state index is 0.0471. The average Bonchev–Trinajstić information content (AvgIpc) is 2.51. The second kappa shape index (κ2) is 3.85. The molecule has 0 spiro atoms. The monoisotopic (exact) mass is 222 g/mol. The van der Waals surface area contributed by atoms with E-state index < -0.39 is 0 Å². The van der Waals surface area contributed by atoms with E-state index in [1.165, 1.54) is 11.8 Å². The first kappa shape index (κ1) is 10.5. The number of nitrogens with zero attached hydrogens (tertiary/aromatic N) is 1. The third-order valence-electron chi connectivity index (χ3n) is 2.52. The highest BCUT2D eigenvalue weighted by Gasteiger charge is 2.31. The third-order valence-corrected chi connectivity index (χ3v) is 3.43. The van der Waals surface area contributed by atoms with E-state index in [1.807, 2.05) is 18.4 Å². The van der Waals surface area contributed by atoms with E-state index in [-0.39, 0.29) is 11.2 Å². The molecule has 80 valence electrons. The van der Waals surface area contributed by atoms with Crippen LogP contribution in [0.4, 0.5) is 5.69 Å². The summed E-state index contributed by atoms with van der Waals surface area (Å²) in [4.78, 5) is 16.1. The Kier molecular flexibility index (Phi) is 2.69. The van der Waals surface area contributed by atoms with Crippen LogP contribution in [0.5, 0.6) is 0 Å². The van der Waals surface area contributed by atoms with Crippen molar-refractivity contribution in [1.29, 1.82) is 0 Å². The molecule has 0 fully saturated rings. The summed E-state index contributed by atoms with van der Waals surface area (Å²) in [5.74, 6) is 0.444. The molecule has 2 rings (SSSR count). The van der Waals surface area contributed by atoms with Crippen molar-refractivity contribution in [3.8, 4) is 0 Å². The van der Waals surface area contributed by atoms with Crippen LogP contribution in [-0.2, 0) is 4.79 Å². The van der Waals surface area contributed by atoms with Gasteiger partial charge in [0.1, 0.15) is 5.25 Å². The molecule has 0 aliphatic carbocycles. The molecule has 0 saturated carbocycles. The van der Waals surface area contributed by atoms with Gasteiger partial charge in [-0.1, -0.05) is 13.8 Å². The number of carbonyl (C=O) groups is 1. The molecule has 4 heteroatoms. The summed E-state index contributed by atoms with van der Waals surface area (Å²) in [6.07, 6.45) is 1.93. The quantitative estimate of drug-likeness (QED) is 0.836. The van der Waals surface area contributed by atoms with Crippen LogP contribution in [0.25, 0.3) is 0 Å². The first-order chi connectivity index (χ1) is 7.13. The number of nitrogens with one attached hydrogen (secondary N) is 1.